The lowest BCUT2D eigenvalue weighted by molar-refractivity contribution is -0.274. The standard InChI is InChI=1S/C15H19F3O2/c1-14(8-2-3-9-14)13(19)10-11-4-6-12(7-5-11)20-15(16,17)18/h4-7,13,19H,2-3,8-10H2,1H3. The Balaban J connectivity index is 1.97. The molecule has 0 aromatic heterocycles. The van der Waals surface area contributed by atoms with Gasteiger partial charge in [0.2, 0.25) is 0 Å². The molecule has 0 saturated heterocycles. The highest BCUT2D eigenvalue weighted by atomic mass is 19.4. The van der Waals surface area contributed by atoms with E-state index in [-0.39, 0.29) is 11.2 Å². The zero-order valence-corrected chi connectivity index (χ0v) is 11.4. The quantitative estimate of drug-likeness (QED) is 0.905. The minimum Gasteiger partial charge on any atom is -0.406 e. The maximum Gasteiger partial charge on any atom is 0.573 e. The third kappa shape index (κ3) is 3.88. The number of halogens is 3. The Morgan fingerprint density at radius 3 is 2.25 bits per heavy atom. The maximum absolute atomic E-state index is 12.0. The summed E-state index contributed by atoms with van der Waals surface area (Å²) in [5.41, 5.74) is 0.751. The fraction of sp³-hybridized carbons (Fsp3) is 0.600. The summed E-state index contributed by atoms with van der Waals surface area (Å²) in [4.78, 5) is 0. The smallest absolute Gasteiger partial charge is 0.406 e. The van der Waals surface area contributed by atoms with Crippen molar-refractivity contribution >= 4 is 0 Å². The number of aliphatic hydroxyl groups is 1. The monoisotopic (exact) mass is 288 g/mol. The van der Waals surface area contributed by atoms with E-state index in [9.17, 15) is 18.3 Å². The molecule has 112 valence electrons. The first-order chi connectivity index (χ1) is 9.28. The maximum atomic E-state index is 12.0. The molecule has 1 aromatic rings. The molecule has 1 aromatic carbocycles. The second-order valence-corrected chi connectivity index (χ2v) is 5.77. The summed E-state index contributed by atoms with van der Waals surface area (Å²) >= 11 is 0. The highest BCUT2D eigenvalue weighted by Gasteiger charge is 2.36. The second kappa shape index (κ2) is 5.64. The Kier molecular flexibility index (Phi) is 4.28. The molecule has 1 unspecified atom stereocenters. The molecule has 0 heterocycles. The number of rotatable bonds is 4. The largest absolute Gasteiger partial charge is 0.573 e. The van der Waals surface area contributed by atoms with Crippen LogP contribution in [0, 0.1) is 5.41 Å². The van der Waals surface area contributed by atoms with Crippen LogP contribution in [-0.2, 0) is 6.42 Å². The number of hydrogen-bond donors (Lipinski definition) is 1. The van der Waals surface area contributed by atoms with E-state index in [0.29, 0.717) is 6.42 Å². The first-order valence-electron chi connectivity index (χ1n) is 6.81. The summed E-state index contributed by atoms with van der Waals surface area (Å²) in [6.07, 6.45) is -0.398. The van der Waals surface area contributed by atoms with Gasteiger partial charge >= 0.3 is 6.36 Å². The van der Waals surface area contributed by atoms with E-state index < -0.39 is 12.5 Å². The minimum atomic E-state index is -4.67. The molecule has 1 aliphatic carbocycles. The van der Waals surface area contributed by atoms with Gasteiger partial charge in [-0.1, -0.05) is 31.9 Å². The van der Waals surface area contributed by atoms with Crippen LogP contribution in [0.25, 0.3) is 0 Å². The zero-order valence-electron chi connectivity index (χ0n) is 11.4. The SMILES string of the molecule is CC1(C(O)Cc2ccc(OC(F)(F)F)cc2)CCCC1. The third-order valence-corrected chi connectivity index (χ3v) is 4.14. The third-order valence-electron chi connectivity index (χ3n) is 4.14. The van der Waals surface area contributed by atoms with Crippen LogP contribution in [0.15, 0.2) is 24.3 Å². The van der Waals surface area contributed by atoms with Crippen LogP contribution in [0.3, 0.4) is 0 Å². The lowest BCUT2D eigenvalue weighted by atomic mass is 9.80. The molecular formula is C15H19F3O2. The van der Waals surface area contributed by atoms with Crippen LogP contribution in [0.1, 0.15) is 38.2 Å². The van der Waals surface area contributed by atoms with Crippen LogP contribution in [-0.4, -0.2) is 17.6 Å². The topological polar surface area (TPSA) is 29.5 Å². The van der Waals surface area contributed by atoms with Gasteiger partial charge < -0.3 is 9.84 Å². The van der Waals surface area contributed by atoms with Crippen LogP contribution in [0.4, 0.5) is 13.2 Å². The van der Waals surface area contributed by atoms with Crippen LogP contribution in [0.2, 0.25) is 0 Å². The van der Waals surface area contributed by atoms with Gasteiger partial charge in [0, 0.05) is 0 Å². The lowest BCUT2D eigenvalue weighted by Gasteiger charge is -2.30. The van der Waals surface area contributed by atoms with Gasteiger partial charge in [0.25, 0.3) is 0 Å². The lowest BCUT2D eigenvalue weighted by Crippen LogP contribution is -2.31. The van der Waals surface area contributed by atoms with Crippen LogP contribution < -0.4 is 4.74 Å². The highest BCUT2D eigenvalue weighted by Crippen LogP contribution is 2.41. The molecule has 2 rings (SSSR count). The minimum absolute atomic E-state index is 0.0683. The van der Waals surface area contributed by atoms with E-state index >= 15 is 0 Å². The van der Waals surface area contributed by atoms with Gasteiger partial charge in [-0.05, 0) is 42.4 Å². The predicted octanol–water partition coefficient (Wildman–Crippen LogP) is 4.07. The Hall–Kier alpha value is -1.23. The van der Waals surface area contributed by atoms with Crippen molar-refractivity contribution in [3.63, 3.8) is 0 Å². The van der Waals surface area contributed by atoms with Crippen molar-refractivity contribution in [2.75, 3.05) is 0 Å². The van der Waals surface area contributed by atoms with Gasteiger partial charge in [-0.2, -0.15) is 0 Å². The van der Waals surface area contributed by atoms with Gasteiger partial charge in [-0.15, -0.1) is 13.2 Å². The van der Waals surface area contributed by atoms with Gasteiger partial charge in [0.05, 0.1) is 6.10 Å². The normalized spacial score (nSPS) is 19.9. The molecule has 1 N–H and O–H groups in total. The molecule has 1 fully saturated rings. The number of aliphatic hydroxyl groups excluding tert-OH is 1. The molecule has 0 spiro atoms. The predicted molar refractivity (Wildman–Crippen MR) is 69.4 cm³/mol. The number of ether oxygens (including phenoxy) is 1. The summed E-state index contributed by atoms with van der Waals surface area (Å²) < 4.78 is 40.0. The van der Waals surface area contributed by atoms with Crippen molar-refractivity contribution in [1.29, 1.82) is 0 Å². The number of alkyl halides is 3. The van der Waals surface area contributed by atoms with E-state index in [1.807, 2.05) is 0 Å². The fourth-order valence-electron chi connectivity index (χ4n) is 2.81. The van der Waals surface area contributed by atoms with Crippen LogP contribution >= 0.6 is 0 Å². The van der Waals surface area contributed by atoms with E-state index in [4.69, 9.17) is 0 Å². The second-order valence-electron chi connectivity index (χ2n) is 5.77. The summed E-state index contributed by atoms with van der Waals surface area (Å²) in [7, 11) is 0. The van der Waals surface area contributed by atoms with Crippen molar-refractivity contribution in [2.24, 2.45) is 5.41 Å². The number of benzene rings is 1. The molecule has 1 saturated carbocycles. The molecule has 1 atom stereocenters. The van der Waals surface area contributed by atoms with Crippen molar-refractivity contribution in [1.82, 2.24) is 0 Å². The van der Waals surface area contributed by atoms with Crippen molar-refractivity contribution in [3.05, 3.63) is 29.8 Å². The van der Waals surface area contributed by atoms with Gasteiger partial charge in [-0.25, -0.2) is 0 Å². The number of hydrogen-bond acceptors (Lipinski definition) is 2. The summed E-state index contributed by atoms with van der Waals surface area (Å²) in [6, 6.07) is 5.71. The molecule has 0 amide bonds. The highest BCUT2D eigenvalue weighted by molar-refractivity contribution is 5.28. The molecule has 0 aliphatic heterocycles. The Labute approximate surface area is 116 Å². The average Bonchev–Trinajstić information content (AvgIpc) is 2.78. The molecule has 0 radical (unpaired) electrons. The fourth-order valence-corrected chi connectivity index (χ4v) is 2.81. The van der Waals surface area contributed by atoms with E-state index in [0.717, 1.165) is 31.2 Å². The molecule has 2 nitrogen and oxygen atoms in total. The Bertz CT molecular complexity index is 433. The molecule has 1 aliphatic rings. The van der Waals surface area contributed by atoms with Gasteiger partial charge in [0.1, 0.15) is 5.75 Å². The summed E-state index contributed by atoms with van der Waals surface area (Å²) in [5, 5.41) is 10.3. The van der Waals surface area contributed by atoms with Gasteiger partial charge in [0.15, 0.2) is 0 Å². The van der Waals surface area contributed by atoms with Crippen LogP contribution in [0.5, 0.6) is 5.75 Å². The van der Waals surface area contributed by atoms with E-state index in [1.54, 1.807) is 12.1 Å². The van der Waals surface area contributed by atoms with Crippen molar-refractivity contribution < 1.29 is 23.0 Å². The van der Waals surface area contributed by atoms with E-state index in [1.165, 1.54) is 12.1 Å². The first-order valence-corrected chi connectivity index (χ1v) is 6.81. The zero-order chi connectivity index (χ0) is 14.8. The summed E-state index contributed by atoms with van der Waals surface area (Å²) in [5.74, 6) is -0.234. The van der Waals surface area contributed by atoms with Crippen molar-refractivity contribution in [3.8, 4) is 5.75 Å². The van der Waals surface area contributed by atoms with E-state index in [2.05, 4.69) is 11.7 Å². The molecular weight excluding hydrogens is 269 g/mol. The van der Waals surface area contributed by atoms with Gasteiger partial charge in [-0.3, -0.25) is 0 Å². The molecule has 0 bridgehead atoms. The Morgan fingerprint density at radius 2 is 1.75 bits per heavy atom. The molecule has 5 heteroatoms. The summed E-state index contributed by atoms with van der Waals surface area (Å²) in [6.45, 7) is 2.08. The average molecular weight is 288 g/mol. The Morgan fingerprint density at radius 1 is 1.20 bits per heavy atom. The first kappa shape index (κ1) is 15.2. The molecule has 20 heavy (non-hydrogen) atoms. The van der Waals surface area contributed by atoms with Crippen molar-refractivity contribution in [2.45, 2.75) is 51.5 Å².